The van der Waals surface area contributed by atoms with Gasteiger partial charge in [0.1, 0.15) is 11.0 Å². The normalized spacial score (nSPS) is 19.1. The molecule has 0 aliphatic carbocycles. The van der Waals surface area contributed by atoms with Gasteiger partial charge in [-0.15, -0.1) is 0 Å². The molecule has 1 aromatic heterocycles. The quantitative estimate of drug-likeness (QED) is 0.576. The summed E-state index contributed by atoms with van der Waals surface area (Å²) in [5.41, 5.74) is -1.06. The summed E-state index contributed by atoms with van der Waals surface area (Å²) in [4.78, 5) is 4.32. The Kier molecular flexibility index (Phi) is 2.68. The first kappa shape index (κ1) is 12.3. The molecule has 1 aliphatic heterocycles. The van der Waals surface area contributed by atoms with Crippen molar-refractivity contribution < 1.29 is 22.0 Å². The van der Waals surface area contributed by atoms with Gasteiger partial charge in [-0.3, -0.25) is 0 Å². The van der Waals surface area contributed by atoms with Gasteiger partial charge in [0.15, 0.2) is 0 Å². The zero-order valence-electron chi connectivity index (χ0n) is 8.23. The third-order valence-corrected chi connectivity index (χ3v) is 2.50. The van der Waals surface area contributed by atoms with Gasteiger partial charge in [-0.1, -0.05) is 11.6 Å². The molecule has 2 heterocycles. The number of pyridine rings is 1. The number of halogens is 6. The average Bonchev–Trinajstić information content (AvgIpc) is 2.11. The smallest absolute Gasteiger partial charge is 0.344 e. The van der Waals surface area contributed by atoms with Crippen LogP contribution in [0.2, 0.25) is 5.15 Å². The first-order valence-electron chi connectivity index (χ1n) is 4.55. The third-order valence-electron chi connectivity index (χ3n) is 2.29. The Labute approximate surface area is 98.0 Å². The fourth-order valence-corrected chi connectivity index (χ4v) is 1.69. The van der Waals surface area contributed by atoms with Crippen LogP contribution in [-0.2, 0) is 6.18 Å². The Morgan fingerprint density at radius 2 is 1.82 bits per heavy atom. The van der Waals surface area contributed by atoms with E-state index in [1.807, 2.05) is 0 Å². The van der Waals surface area contributed by atoms with E-state index in [9.17, 15) is 22.0 Å². The van der Waals surface area contributed by atoms with Crippen LogP contribution in [0.5, 0.6) is 0 Å². The van der Waals surface area contributed by atoms with Gasteiger partial charge in [-0.05, 0) is 12.1 Å². The van der Waals surface area contributed by atoms with E-state index in [1.54, 1.807) is 0 Å². The van der Waals surface area contributed by atoms with Gasteiger partial charge in [0.2, 0.25) is 0 Å². The maximum absolute atomic E-state index is 12.6. The molecule has 0 saturated carbocycles. The highest BCUT2D eigenvalue weighted by atomic mass is 35.5. The van der Waals surface area contributed by atoms with Gasteiger partial charge in [0, 0.05) is 0 Å². The Morgan fingerprint density at radius 3 is 2.29 bits per heavy atom. The molecule has 94 valence electrons. The van der Waals surface area contributed by atoms with Gasteiger partial charge < -0.3 is 4.90 Å². The van der Waals surface area contributed by atoms with E-state index in [0.717, 1.165) is 17.0 Å². The molecule has 0 bridgehead atoms. The predicted molar refractivity (Wildman–Crippen MR) is 51.4 cm³/mol. The first-order chi connectivity index (χ1) is 7.69. The molecule has 2 nitrogen and oxygen atoms in total. The maximum atomic E-state index is 12.6. The summed E-state index contributed by atoms with van der Waals surface area (Å²) >= 11 is 5.47. The van der Waals surface area contributed by atoms with Gasteiger partial charge in [-0.2, -0.15) is 13.2 Å². The lowest BCUT2D eigenvalue weighted by Gasteiger charge is -2.40. The second kappa shape index (κ2) is 3.69. The molecule has 8 heteroatoms. The number of alkyl halides is 5. The van der Waals surface area contributed by atoms with Crippen molar-refractivity contribution in [2.24, 2.45) is 0 Å². The summed E-state index contributed by atoms with van der Waals surface area (Å²) in [5, 5.41) is -0.164. The molecular weight excluding hydrogens is 267 g/mol. The van der Waals surface area contributed by atoms with E-state index < -0.39 is 36.6 Å². The first-order valence-corrected chi connectivity index (χ1v) is 4.93. The highest BCUT2D eigenvalue weighted by Crippen LogP contribution is 2.40. The standard InChI is InChI=1S/C9H6ClF5N2/c10-6-2-1-5(9(13,14)15)7(16-6)17-3-8(11,12)4-17/h1-2H,3-4H2. The van der Waals surface area contributed by atoms with E-state index in [-0.39, 0.29) is 5.15 Å². The Bertz CT molecular complexity index is 438. The van der Waals surface area contributed by atoms with E-state index in [1.165, 1.54) is 0 Å². The number of anilines is 1. The molecule has 0 radical (unpaired) electrons. The highest BCUT2D eigenvalue weighted by Gasteiger charge is 2.47. The average molecular weight is 273 g/mol. The van der Waals surface area contributed by atoms with Crippen molar-refractivity contribution in [3.8, 4) is 0 Å². The van der Waals surface area contributed by atoms with Crippen molar-refractivity contribution in [1.29, 1.82) is 0 Å². The van der Waals surface area contributed by atoms with Crippen LogP contribution < -0.4 is 4.90 Å². The van der Waals surface area contributed by atoms with Crippen LogP contribution >= 0.6 is 11.6 Å². The summed E-state index contributed by atoms with van der Waals surface area (Å²) in [6.45, 7) is -1.55. The van der Waals surface area contributed by atoms with Crippen LogP contribution in [-0.4, -0.2) is 24.0 Å². The molecule has 0 unspecified atom stereocenters. The molecule has 1 aromatic rings. The summed E-state index contributed by atoms with van der Waals surface area (Å²) < 4.78 is 63.0. The number of hydrogen-bond acceptors (Lipinski definition) is 2. The predicted octanol–water partition coefficient (Wildman–Crippen LogP) is 3.21. The fraction of sp³-hybridized carbons (Fsp3) is 0.444. The summed E-state index contributed by atoms with van der Waals surface area (Å²) in [6.07, 6.45) is -4.64. The zero-order valence-corrected chi connectivity index (χ0v) is 8.99. The minimum Gasteiger partial charge on any atom is -0.344 e. The number of hydrogen-bond donors (Lipinski definition) is 0. The second-order valence-electron chi connectivity index (χ2n) is 3.71. The molecule has 2 rings (SSSR count). The topological polar surface area (TPSA) is 16.1 Å². The molecule has 0 amide bonds. The molecule has 1 saturated heterocycles. The molecule has 1 aliphatic rings. The van der Waals surface area contributed by atoms with Crippen molar-refractivity contribution >= 4 is 17.4 Å². The van der Waals surface area contributed by atoms with Gasteiger partial charge in [-0.25, -0.2) is 13.8 Å². The molecule has 0 aromatic carbocycles. The van der Waals surface area contributed by atoms with Crippen molar-refractivity contribution in [2.75, 3.05) is 18.0 Å². The van der Waals surface area contributed by atoms with E-state index in [2.05, 4.69) is 4.98 Å². The fourth-order valence-electron chi connectivity index (χ4n) is 1.55. The molecule has 1 fully saturated rings. The molecular formula is C9H6ClF5N2. The van der Waals surface area contributed by atoms with Crippen LogP contribution in [0, 0.1) is 0 Å². The largest absolute Gasteiger partial charge is 0.419 e. The third kappa shape index (κ3) is 2.43. The van der Waals surface area contributed by atoms with Crippen LogP contribution in [0.4, 0.5) is 27.8 Å². The second-order valence-corrected chi connectivity index (χ2v) is 4.10. The lowest BCUT2D eigenvalue weighted by molar-refractivity contribution is -0.137. The summed E-state index contributed by atoms with van der Waals surface area (Å²) in [5.74, 6) is -3.51. The lowest BCUT2D eigenvalue weighted by atomic mass is 10.1. The summed E-state index contributed by atoms with van der Waals surface area (Å²) in [6, 6.07) is 1.72. The van der Waals surface area contributed by atoms with Crippen molar-refractivity contribution in [2.45, 2.75) is 12.1 Å². The van der Waals surface area contributed by atoms with Crippen molar-refractivity contribution in [1.82, 2.24) is 4.98 Å². The molecule has 0 N–H and O–H groups in total. The van der Waals surface area contributed by atoms with Crippen LogP contribution in [0.1, 0.15) is 5.56 Å². The Balaban J connectivity index is 2.36. The lowest BCUT2D eigenvalue weighted by Crippen LogP contribution is -2.57. The highest BCUT2D eigenvalue weighted by molar-refractivity contribution is 6.29. The van der Waals surface area contributed by atoms with E-state index in [0.29, 0.717) is 0 Å². The van der Waals surface area contributed by atoms with Crippen LogP contribution in [0.3, 0.4) is 0 Å². The van der Waals surface area contributed by atoms with Crippen molar-refractivity contribution in [3.05, 3.63) is 22.8 Å². The monoisotopic (exact) mass is 272 g/mol. The minimum atomic E-state index is -4.64. The SMILES string of the molecule is FC1(F)CN(c2nc(Cl)ccc2C(F)(F)F)C1. The van der Waals surface area contributed by atoms with E-state index in [4.69, 9.17) is 11.6 Å². The zero-order chi connectivity index (χ0) is 12.8. The minimum absolute atomic E-state index is 0.164. The molecule has 17 heavy (non-hydrogen) atoms. The summed E-state index contributed by atoms with van der Waals surface area (Å²) in [7, 11) is 0. The van der Waals surface area contributed by atoms with Crippen molar-refractivity contribution in [3.63, 3.8) is 0 Å². The number of rotatable bonds is 1. The van der Waals surface area contributed by atoms with Crippen LogP contribution in [0.15, 0.2) is 12.1 Å². The number of nitrogens with zero attached hydrogens (tertiary/aromatic N) is 2. The molecule has 0 spiro atoms. The Hall–Kier alpha value is -1.11. The molecule has 0 atom stereocenters. The van der Waals surface area contributed by atoms with Crippen LogP contribution in [0.25, 0.3) is 0 Å². The van der Waals surface area contributed by atoms with Gasteiger partial charge in [0.05, 0.1) is 18.7 Å². The Morgan fingerprint density at radius 1 is 1.24 bits per heavy atom. The van der Waals surface area contributed by atoms with E-state index >= 15 is 0 Å². The van der Waals surface area contributed by atoms with Gasteiger partial charge in [0.25, 0.3) is 5.92 Å². The number of aromatic nitrogens is 1. The maximum Gasteiger partial charge on any atom is 0.419 e. The van der Waals surface area contributed by atoms with Gasteiger partial charge >= 0.3 is 6.18 Å².